The number of aromatic amines is 1. The molecule has 148 valence electrons. The number of nitrogens with one attached hydrogen (secondary N) is 1. The van der Waals surface area contributed by atoms with Gasteiger partial charge in [-0.1, -0.05) is 13.3 Å². The van der Waals surface area contributed by atoms with Crippen molar-refractivity contribution in [2.24, 2.45) is 0 Å². The summed E-state index contributed by atoms with van der Waals surface area (Å²) >= 11 is 5.91. The number of unbranched alkanes of at least 4 members (excludes halogenated alkanes) is 1. The molecule has 27 heavy (non-hydrogen) atoms. The lowest BCUT2D eigenvalue weighted by Crippen LogP contribution is -2.42. The zero-order valence-electron chi connectivity index (χ0n) is 15.4. The monoisotopic (exact) mass is 397 g/mol. The molecule has 0 bridgehead atoms. The van der Waals surface area contributed by atoms with Gasteiger partial charge in [0.2, 0.25) is 11.2 Å². The fourth-order valence-corrected chi connectivity index (χ4v) is 3.39. The molecule has 1 amide bonds. The highest BCUT2D eigenvalue weighted by Gasteiger charge is 2.19. The molecule has 0 aromatic carbocycles. The molecule has 0 aliphatic carbocycles. The summed E-state index contributed by atoms with van der Waals surface area (Å²) in [6, 6.07) is 0. The van der Waals surface area contributed by atoms with Crippen LogP contribution in [0.4, 0.5) is 0 Å². The van der Waals surface area contributed by atoms with Crippen LogP contribution in [0.1, 0.15) is 32.6 Å². The summed E-state index contributed by atoms with van der Waals surface area (Å²) in [5, 5.41) is 0.0759. The number of halogens is 1. The molecule has 1 fully saturated rings. The van der Waals surface area contributed by atoms with Crippen molar-refractivity contribution < 1.29 is 9.53 Å². The van der Waals surface area contributed by atoms with Crippen LogP contribution < -0.4 is 11.2 Å². The number of hydrogen-bond donors (Lipinski definition) is 1. The van der Waals surface area contributed by atoms with Crippen LogP contribution in [0, 0.1) is 0 Å². The fraction of sp³-hybridized carbons (Fsp3) is 0.647. The maximum absolute atomic E-state index is 12.8. The number of ether oxygens (including phenoxy) is 1. The molecule has 0 unspecified atom stereocenters. The molecule has 0 radical (unpaired) electrons. The molecule has 10 heteroatoms. The predicted octanol–water partition coefficient (Wildman–Crippen LogP) is 0.979. The van der Waals surface area contributed by atoms with Crippen LogP contribution in [0.25, 0.3) is 11.2 Å². The lowest BCUT2D eigenvalue weighted by atomic mass is 10.2. The van der Waals surface area contributed by atoms with Gasteiger partial charge >= 0.3 is 5.69 Å². The van der Waals surface area contributed by atoms with Gasteiger partial charge in [-0.2, -0.15) is 4.98 Å². The highest BCUT2D eigenvalue weighted by molar-refractivity contribution is 6.28. The van der Waals surface area contributed by atoms with Gasteiger partial charge in [0.15, 0.2) is 11.2 Å². The number of aryl methyl sites for hydroxylation is 1. The number of H-pyrrole nitrogens is 1. The number of aromatic nitrogens is 4. The zero-order chi connectivity index (χ0) is 19.4. The molecule has 1 N–H and O–H groups in total. The maximum Gasteiger partial charge on any atom is 0.332 e. The van der Waals surface area contributed by atoms with Gasteiger partial charge in [0, 0.05) is 32.6 Å². The molecule has 2 aromatic heterocycles. The number of imidazole rings is 1. The van der Waals surface area contributed by atoms with Gasteiger partial charge < -0.3 is 14.6 Å². The number of nitrogens with zero attached hydrogens (tertiary/aromatic N) is 4. The molecule has 0 spiro atoms. The lowest BCUT2D eigenvalue weighted by molar-refractivity contribution is -0.135. The van der Waals surface area contributed by atoms with Crippen molar-refractivity contribution in [3.05, 3.63) is 26.1 Å². The summed E-state index contributed by atoms with van der Waals surface area (Å²) in [5.41, 5.74) is -0.372. The van der Waals surface area contributed by atoms with Crippen LogP contribution in [0.3, 0.4) is 0 Å². The van der Waals surface area contributed by atoms with Gasteiger partial charge in [0.1, 0.15) is 0 Å². The Morgan fingerprint density at radius 2 is 1.89 bits per heavy atom. The SMILES string of the molecule is CCCCn1c(=O)n(CCCC(=O)N2CCOCC2)c(=O)c2[nH]c(Cl)nc21. The third-order valence-corrected chi connectivity index (χ3v) is 4.88. The normalized spacial score (nSPS) is 14.8. The summed E-state index contributed by atoms with van der Waals surface area (Å²) in [6.45, 7) is 4.91. The van der Waals surface area contributed by atoms with E-state index in [4.69, 9.17) is 16.3 Å². The van der Waals surface area contributed by atoms with Crippen LogP contribution in [0.2, 0.25) is 5.28 Å². The van der Waals surface area contributed by atoms with Crippen molar-refractivity contribution in [1.82, 2.24) is 24.0 Å². The smallest absolute Gasteiger partial charge is 0.332 e. The van der Waals surface area contributed by atoms with E-state index < -0.39 is 11.2 Å². The van der Waals surface area contributed by atoms with Gasteiger partial charge in [-0.15, -0.1) is 0 Å². The first-order chi connectivity index (χ1) is 13.0. The first-order valence-corrected chi connectivity index (χ1v) is 9.65. The number of hydrogen-bond acceptors (Lipinski definition) is 5. The Morgan fingerprint density at radius 3 is 2.59 bits per heavy atom. The van der Waals surface area contributed by atoms with Crippen molar-refractivity contribution in [2.45, 2.75) is 45.7 Å². The Labute approximate surface area is 160 Å². The van der Waals surface area contributed by atoms with Crippen LogP contribution >= 0.6 is 11.6 Å². The summed E-state index contributed by atoms with van der Waals surface area (Å²) in [5.74, 6) is 0.0170. The molecule has 1 aliphatic rings. The van der Waals surface area contributed by atoms with Crippen LogP contribution in [-0.2, 0) is 22.6 Å². The van der Waals surface area contributed by atoms with E-state index in [0.29, 0.717) is 39.3 Å². The van der Waals surface area contributed by atoms with E-state index in [0.717, 1.165) is 12.8 Å². The summed E-state index contributed by atoms with van der Waals surface area (Å²) < 4.78 is 7.88. The molecule has 9 nitrogen and oxygen atoms in total. The predicted molar refractivity (Wildman–Crippen MR) is 101 cm³/mol. The van der Waals surface area contributed by atoms with E-state index in [2.05, 4.69) is 9.97 Å². The second-order valence-corrected chi connectivity index (χ2v) is 6.93. The maximum atomic E-state index is 12.8. The molecule has 3 rings (SSSR count). The van der Waals surface area contributed by atoms with Crippen molar-refractivity contribution in [1.29, 1.82) is 0 Å². The summed E-state index contributed by atoms with van der Waals surface area (Å²) in [6.07, 6.45) is 2.38. The van der Waals surface area contributed by atoms with E-state index in [1.54, 1.807) is 4.90 Å². The van der Waals surface area contributed by atoms with E-state index >= 15 is 0 Å². The Hall–Kier alpha value is -2.13. The van der Waals surface area contributed by atoms with Gasteiger partial charge in [0.25, 0.3) is 5.56 Å². The van der Waals surface area contributed by atoms with E-state index in [9.17, 15) is 14.4 Å². The average Bonchev–Trinajstić information content (AvgIpc) is 3.06. The van der Waals surface area contributed by atoms with Gasteiger partial charge in [-0.3, -0.25) is 18.7 Å². The second-order valence-electron chi connectivity index (χ2n) is 6.57. The second kappa shape index (κ2) is 8.71. The number of morpholine rings is 1. The number of fused-ring (bicyclic) bond motifs is 1. The van der Waals surface area contributed by atoms with Gasteiger partial charge in [-0.25, -0.2) is 4.79 Å². The highest BCUT2D eigenvalue weighted by atomic mass is 35.5. The first-order valence-electron chi connectivity index (χ1n) is 9.27. The summed E-state index contributed by atoms with van der Waals surface area (Å²) in [7, 11) is 0. The van der Waals surface area contributed by atoms with Crippen LogP contribution in [-0.4, -0.2) is 56.2 Å². The third kappa shape index (κ3) is 4.24. The molecule has 2 aromatic rings. The van der Waals surface area contributed by atoms with E-state index in [1.165, 1.54) is 9.13 Å². The molecular weight excluding hydrogens is 374 g/mol. The van der Waals surface area contributed by atoms with E-state index in [1.807, 2.05) is 6.92 Å². The highest BCUT2D eigenvalue weighted by Crippen LogP contribution is 2.11. The van der Waals surface area contributed by atoms with Crippen molar-refractivity contribution in [3.63, 3.8) is 0 Å². The Balaban J connectivity index is 1.80. The minimum atomic E-state index is -0.457. The van der Waals surface area contributed by atoms with Crippen LogP contribution in [0.5, 0.6) is 0 Å². The Kier molecular flexibility index (Phi) is 6.33. The Bertz CT molecular complexity index is 926. The topological polar surface area (TPSA) is 102 Å². The standard InChI is InChI=1S/C17H24ClN5O4/c1-2-3-6-22-14-13(19-16(18)20-14)15(25)23(17(22)26)7-4-5-12(24)21-8-10-27-11-9-21/h2-11H2,1H3,(H,19,20). The lowest BCUT2D eigenvalue weighted by Gasteiger charge is -2.26. The quantitative estimate of drug-likeness (QED) is 0.701. The molecular formula is C17H24ClN5O4. The average molecular weight is 398 g/mol. The number of carbonyl (C=O) groups excluding carboxylic acids is 1. The molecule has 1 aliphatic heterocycles. The minimum absolute atomic E-state index is 0.0170. The van der Waals surface area contributed by atoms with Crippen molar-refractivity contribution in [2.75, 3.05) is 26.3 Å². The summed E-state index contributed by atoms with van der Waals surface area (Å²) in [4.78, 5) is 46.3. The van der Waals surface area contributed by atoms with Crippen molar-refractivity contribution >= 4 is 28.7 Å². The number of carbonyl (C=O) groups is 1. The third-order valence-electron chi connectivity index (χ3n) is 4.70. The zero-order valence-corrected chi connectivity index (χ0v) is 16.1. The number of amides is 1. The van der Waals surface area contributed by atoms with Crippen LogP contribution in [0.15, 0.2) is 9.59 Å². The minimum Gasteiger partial charge on any atom is -0.378 e. The van der Waals surface area contributed by atoms with E-state index in [-0.39, 0.29) is 35.3 Å². The Morgan fingerprint density at radius 1 is 1.19 bits per heavy atom. The van der Waals surface area contributed by atoms with Gasteiger partial charge in [-0.05, 0) is 24.4 Å². The molecule has 3 heterocycles. The molecule has 1 saturated heterocycles. The van der Waals surface area contributed by atoms with Gasteiger partial charge in [0.05, 0.1) is 13.2 Å². The number of rotatable bonds is 7. The fourth-order valence-electron chi connectivity index (χ4n) is 3.21. The first kappa shape index (κ1) is 19.6. The van der Waals surface area contributed by atoms with Crippen molar-refractivity contribution in [3.8, 4) is 0 Å². The molecule has 0 saturated carbocycles. The molecule has 0 atom stereocenters. The largest absolute Gasteiger partial charge is 0.378 e.